The van der Waals surface area contributed by atoms with Crippen LogP contribution in [0.3, 0.4) is 0 Å². The first-order valence-corrected chi connectivity index (χ1v) is 11.8. The lowest BCUT2D eigenvalue weighted by Gasteiger charge is -2.32. The van der Waals surface area contributed by atoms with Crippen LogP contribution in [0.1, 0.15) is 43.5 Å². The number of rotatable bonds is 6. The van der Waals surface area contributed by atoms with E-state index in [-0.39, 0.29) is 4.90 Å². The monoisotopic (exact) mass is 411 g/mol. The van der Waals surface area contributed by atoms with Crippen molar-refractivity contribution in [2.45, 2.75) is 42.4 Å². The highest BCUT2D eigenvalue weighted by molar-refractivity contribution is 7.90. The van der Waals surface area contributed by atoms with Crippen LogP contribution in [0.25, 0.3) is 11.0 Å². The molecule has 152 valence electrons. The molecule has 1 atom stereocenters. The van der Waals surface area contributed by atoms with Gasteiger partial charge in [0.05, 0.1) is 15.9 Å². The molecule has 0 unspecified atom stereocenters. The summed E-state index contributed by atoms with van der Waals surface area (Å²) < 4.78 is 23.8. The van der Waals surface area contributed by atoms with Crippen molar-refractivity contribution in [3.05, 3.63) is 59.9 Å². The summed E-state index contributed by atoms with van der Waals surface area (Å²) in [7, 11) is -3.33. The number of nitrogens with one attached hydrogen (secondary N) is 1. The molecule has 3 N–H and O–H groups in total. The molecule has 1 fully saturated rings. The van der Waals surface area contributed by atoms with E-state index in [0.717, 1.165) is 36.7 Å². The molecule has 1 heterocycles. The van der Waals surface area contributed by atoms with Crippen LogP contribution in [0, 0.1) is 5.92 Å². The summed E-state index contributed by atoms with van der Waals surface area (Å²) in [6.45, 7) is 0. The Morgan fingerprint density at radius 2 is 1.79 bits per heavy atom. The smallest absolute Gasteiger partial charge is 0.235 e. The number of sulfone groups is 1. The second kappa shape index (κ2) is 7.30. The van der Waals surface area contributed by atoms with Crippen molar-refractivity contribution in [1.82, 2.24) is 9.97 Å². The van der Waals surface area contributed by atoms with Gasteiger partial charge >= 0.3 is 0 Å². The van der Waals surface area contributed by atoms with Gasteiger partial charge in [0.15, 0.2) is 9.84 Å². The number of hydrogen-bond donors (Lipinski definition) is 2. The van der Waals surface area contributed by atoms with Crippen molar-refractivity contribution in [3.63, 3.8) is 0 Å². The molecule has 29 heavy (non-hydrogen) atoms. The van der Waals surface area contributed by atoms with Crippen LogP contribution in [0.2, 0.25) is 0 Å². The van der Waals surface area contributed by atoms with Crippen LogP contribution in [-0.4, -0.2) is 30.5 Å². The highest BCUT2D eigenvalue weighted by atomic mass is 32.2. The lowest BCUT2D eigenvalue weighted by atomic mass is 9.72. The molecule has 0 bridgehead atoms. The van der Waals surface area contributed by atoms with Gasteiger partial charge in [-0.3, -0.25) is 4.79 Å². The Kier molecular flexibility index (Phi) is 4.94. The quantitative estimate of drug-likeness (QED) is 0.649. The Morgan fingerprint density at radius 3 is 2.38 bits per heavy atom. The average molecular weight is 412 g/mol. The number of nitrogens with two attached hydrogens (primary N) is 1. The topological polar surface area (TPSA) is 106 Å². The molecule has 1 aliphatic rings. The summed E-state index contributed by atoms with van der Waals surface area (Å²) in [6, 6.07) is 14.1. The largest absolute Gasteiger partial charge is 0.369 e. The Hall–Kier alpha value is -2.67. The first kappa shape index (κ1) is 19.6. The molecule has 1 amide bonds. The predicted molar refractivity (Wildman–Crippen MR) is 112 cm³/mol. The number of hydrogen-bond acceptors (Lipinski definition) is 4. The zero-order chi connectivity index (χ0) is 20.6. The van der Waals surface area contributed by atoms with E-state index in [1.165, 1.54) is 6.26 Å². The van der Waals surface area contributed by atoms with E-state index < -0.39 is 21.2 Å². The van der Waals surface area contributed by atoms with Gasteiger partial charge in [-0.05, 0) is 42.2 Å². The number of fused-ring (bicyclic) bond motifs is 1. The van der Waals surface area contributed by atoms with Crippen LogP contribution >= 0.6 is 0 Å². The molecule has 0 spiro atoms. The number of carbonyl (C=O) groups is 1. The van der Waals surface area contributed by atoms with Crippen LogP contribution in [0.15, 0.2) is 53.4 Å². The number of benzene rings is 2. The number of aromatic amines is 1. The van der Waals surface area contributed by atoms with Crippen molar-refractivity contribution < 1.29 is 13.2 Å². The van der Waals surface area contributed by atoms with E-state index in [2.05, 4.69) is 4.98 Å². The zero-order valence-electron chi connectivity index (χ0n) is 16.4. The normalized spacial score (nSPS) is 17.4. The molecule has 1 aliphatic carbocycles. The second-order valence-corrected chi connectivity index (χ2v) is 10.0. The summed E-state index contributed by atoms with van der Waals surface area (Å²) in [4.78, 5) is 21.3. The van der Waals surface area contributed by atoms with Gasteiger partial charge in [0.1, 0.15) is 11.2 Å². The Morgan fingerprint density at radius 1 is 1.14 bits per heavy atom. The Balaban J connectivity index is 1.90. The van der Waals surface area contributed by atoms with Gasteiger partial charge in [0.2, 0.25) is 5.91 Å². The van der Waals surface area contributed by atoms with Gasteiger partial charge in [-0.25, -0.2) is 13.4 Å². The summed E-state index contributed by atoms with van der Waals surface area (Å²) in [5.41, 5.74) is 7.19. The molecule has 4 rings (SSSR count). The summed E-state index contributed by atoms with van der Waals surface area (Å²) >= 11 is 0. The third kappa shape index (κ3) is 3.55. The van der Waals surface area contributed by atoms with Crippen LogP contribution < -0.4 is 5.73 Å². The highest BCUT2D eigenvalue weighted by Crippen LogP contribution is 2.42. The van der Waals surface area contributed by atoms with Crippen molar-refractivity contribution in [1.29, 1.82) is 0 Å². The molecular formula is C22H25N3O3S. The summed E-state index contributed by atoms with van der Waals surface area (Å²) in [6.07, 6.45) is 6.12. The lowest BCUT2D eigenvalue weighted by Crippen LogP contribution is -2.44. The molecule has 6 nitrogen and oxygen atoms in total. The standard InChI is InChI=1S/C22H25N3O3S/c1-29(27,28)17-12-10-16(11-13-17)22(20(23)26,14-15-6-2-3-7-15)21-24-18-8-4-5-9-19(18)25-21/h4-5,8-13,15H,2-3,6-7,14H2,1H3,(H2,23,26)(H,24,25)/t22-/m0/s1. The van der Waals surface area contributed by atoms with E-state index in [1.807, 2.05) is 24.3 Å². The van der Waals surface area contributed by atoms with Crippen LogP contribution in [0.4, 0.5) is 0 Å². The van der Waals surface area contributed by atoms with Crippen molar-refractivity contribution in [3.8, 4) is 0 Å². The fourth-order valence-electron chi connectivity index (χ4n) is 4.50. The minimum Gasteiger partial charge on any atom is -0.369 e. The van der Waals surface area contributed by atoms with Crippen molar-refractivity contribution >= 4 is 26.8 Å². The fourth-order valence-corrected chi connectivity index (χ4v) is 5.13. The van der Waals surface area contributed by atoms with Crippen molar-refractivity contribution in [2.24, 2.45) is 11.7 Å². The number of imidazole rings is 1. The van der Waals surface area contributed by atoms with Gasteiger partial charge < -0.3 is 10.7 Å². The summed E-state index contributed by atoms with van der Waals surface area (Å²) in [5, 5.41) is 0. The van der Waals surface area contributed by atoms with Crippen LogP contribution in [0.5, 0.6) is 0 Å². The molecule has 3 aromatic rings. The van der Waals surface area contributed by atoms with Gasteiger partial charge in [-0.1, -0.05) is 49.9 Å². The van der Waals surface area contributed by atoms with E-state index in [4.69, 9.17) is 10.7 Å². The predicted octanol–water partition coefficient (Wildman–Crippen LogP) is 3.32. The number of aromatic nitrogens is 2. The molecule has 0 aliphatic heterocycles. The molecular weight excluding hydrogens is 386 g/mol. The minimum atomic E-state index is -3.33. The Labute approximate surface area is 170 Å². The van der Waals surface area contributed by atoms with E-state index in [9.17, 15) is 13.2 Å². The maximum atomic E-state index is 13.0. The molecule has 1 saturated carbocycles. The van der Waals surface area contributed by atoms with Gasteiger partial charge in [0.25, 0.3) is 0 Å². The SMILES string of the molecule is CS(=O)(=O)c1ccc([C@@](CC2CCCC2)(C(N)=O)c2nc3ccccc3[nH]2)cc1. The maximum absolute atomic E-state index is 13.0. The number of amides is 1. The van der Waals surface area contributed by atoms with Gasteiger partial charge in [-0.2, -0.15) is 0 Å². The number of primary amides is 1. The number of nitrogens with zero attached hydrogens (tertiary/aromatic N) is 1. The maximum Gasteiger partial charge on any atom is 0.235 e. The number of carbonyl (C=O) groups excluding carboxylic acids is 1. The average Bonchev–Trinajstić information content (AvgIpc) is 3.34. The van der Waals surface area contributed by atoms with Gasteiger partial charge in [0, 0.05) is 6.26 Å². The third-order valence-electron chi connectivity index (χ3n) is 6.06. The molecule has 0 radical (unpaired) electrons. The first-order valence-electron chi connectivity index (χ1n) is 9.86. The highest BCUT2D eigenvalue weighted by Gasteiger charge is 2.45. The molecule has 7 heteroatoms. The second-order valence-electron chi connectivity index (χ2n) is 8.02. The lowest BCUT2D eigenvalue weighted by molar-refractivity contribution is -0.123. The van der Waals surface area contributed by atoms with E-state index in [0.29, 0.717) is 23.7 Å². The van der Waals surface area contributed by atoms with E-state index >= 15 is 0 Å². The molecule has 0 saturated heterocycles. The molecule has 2 aromatic carbocycles. The molecule has 1 aromatic heterocycles. The van der Waals surface area contributed by atoms with Crippen LogP contribution in [-0.2, 0) is 20.0 Å². The Bertz CT molecular complexity index is 1110. The van der Waals surface area contributed by atoms with E-state index in [1.54, 1.807) is 24.3 Å². The number of H-pyrrole nitrogens is 1. The zero-order valence-corrected chi connectivity index (χ0v) is 17.2. The third-order valence-corrected chi connectivity index (χ3v) is 7.19. The van der Waals surface area contributed by atoms with Crippen molar-refractivity contribution in [2.75, 3.05) is 6.26 Å². The minimum absolute atomic E-state index is 0.213. The fraction of sp³-hybridized carbons (Fsp3) is 0.364. The summed E-state index contributed by atoms with van der Waals surface area (Å²) in [5.74, 6) is 0.408. The van der Waals surface area contributed by atoms with Gasteiger partial charge in [-0.15, -0.1) is 0 Å². The number of para-hydroxylation sites is 2. The first-order chi connectivity index (χ1) is 13.8.